The summed E-state index contributed by atoms with van der Waals surface area (Å²) < 4.78 is 0. The fourth-order valence-corrected chi connectivity index (χ4v) is 2.64. The van der Waals surface area contributed by atoms with E-state index in [0.29, 0.717) is 5.92 Å². The highest BCUT2D eigenvalue weighted by molar-refractivity contribution is 9.09. The summed E-state index contributed by atoms with van der Waals surface area (Å²) in [5, 5.41) is 1.97. The molecule has 1 aromatic carbocycles. The van der Waals surface area contributed by atoms with E-state index in [2.05, 4.69) is 41.9 Å². The normalized spacial score (nSPS) is 12.8. The van der Waals surface area contributed by atoms with Crippen LogP contribution < -0.4 is 0 Å². The number of aryl methyl sites for hydroxylation is 1. The first-order chi connectivity index (χ1) is 7.17. The molecule has 15 heavy (non-hydrogen) atoms. The van der Waals surface area contributed by atoms with Gasteiger partial charge < -0.3 is 0 Å². The molecule has 1 aromatic rings. The Labute approximate surface area is 106 Å². The molecular formula is C13H18BrCl. The fraction of sp³-hybridized carbons (Fsp3) is 0.538. The van der Waals surface area contributed by atoms with Gasteiger partial charge in [0.2, 0.25) is 0 Å². The van der Waals surface area contributed by atoms with Crippen LogP contribution in [0.5, 0.6) is 0 Å². The van der Waals surface area contributed by atoms with Crippen molar-refractivity contribution in [1.29, 1.82) is 0 Å². The molecule has 0 spiro atoms. The molecule has 1 atom stereocenters. The number of alkyl halides is 1. The molecule has 1 rings (SSSR count). The minimum absolute atomic E-state index is 0.704. The molecule has 0 aliphatic carbocycles. The van der Waals surface area contributed by atoms with Crippen molar-refractivity contribution in [2.75, 3.05) is 5.33 Å². The molecule has 2 heteroatoms. The van der Waals surface area contributed by atoms with Gasteiger partial charge in [-0.2, -0.15) is 0 Å². The van der Waals surface area contributed by atoms with E-state index in [1.807, 2.05) is 6.07 Å². The summed E-state index contributed by atoms with van der Waals surface area (Å²) in [5.41, 5.74) is 2.51. The predicted molar refractivity (Wildman–Crippen MR) is 72.1 cm³/mol. The van der Waals surface area contributed by atoms with Crippen molar-refractivity contribution in [1.82, 2.24) is 0 Å². The van der Waals surface area contributed by atoms with Gasteiger partial charge in [0.15, 0.2) is 0 Å². The van der Waals surface area contributed by atoms with Crippen molar-refractivity contribution < 1.29 is 0 Å². The Kier molecular flexibility index (Phi) is 5.70. The number of rotatable bonds is 5. The second kappa shape index (κ2) is 6.55. The Bertz CT molecular complexity index is 309. The van der Waals surface area contributed by atoms with Gasteiger partial charge in [0.25, 0.3) is 0 Å². The highest BCUT2D eigenvalue weighted by atomic mass is 79.9. The monoisotopic (exact) mass is 288 g/mol. The van der Waals surface area contributed by atoms with E-state index in [-0.39, 0.29) is 0 Å². The van der Waals surface area contributed by atoms with Gasteiger partial charge in [0, 0.05) is 10.4 Å². The third-order valence-electron chi connectivity index (χ3n) is 2.63. The quantitative estimate of drug-likeness (QED) is 0.669. The van der Waals surface area contributed by atoms with E-state index in [4.69, 9.17) is 11.6 Å². The van der Waals surface area contributed by atoms with Crippen molar-refractivity contribution >= 4 is 27.5 Å². The number of halogens is 2. The minimum Gasteiger partial charge on any atom is -0.0925 e. The van der Waals surface area contributed by atoms with Gasteiger partial charge in [0.05, 0.1) is 0 Å². The zero-order valence-corrected chi connectivity index (χ0v) is 11.7. The highest BCUT2D eigenvalue weighted by Crippen LogP contribution is 2.23. The molecule has 0 aromatic heterocycles. The molecular weight excluding hydrogens is 272 g/mol. The van der Waals surface area contributed by atoms with E-state index >= 15 is 0 Å². The maximum Gasteiger partial charge on any atom is 0.0440 e. The lowest BCUT2D eigenvalue weighted by Crippen LogP contribution is -2.06. The summed E-state index contributed by atoms with van der Waals surface area (Å²) in [5.74, 6) is 0.704. The zero-order chi connectivity index (χ0) is 11.3. The maximum atomic E-state index is 6.22. The van der Waals surface area contributed by atoms with Crippen LogP contribution in [0.4, 0.5) is 0 Å². The molecule has 0 N–H and O–H groups in total. The molecule has 0 bridgehead atoms. The Balaban J connectivity index is 2.70. The minimum atomic E-state index is 0.704. The van der Waals surface area contributed by atoms with Crippen LogP contribution in [0.3, 0.4) is 0 Å². The van der Waals surface area contributed by atoms with E-state index in [1.165, 1.54) is 24.0 Å². The summed E-state index contributed by atoms with van der Waals surface area (Å²) in [7, 11) is 0. The zero-order valence-electron chi connectivity index (χ0n) is 9.39. The number of benzene rings is 1. The fourth-order valence-electron chi connectivity index (χ4n) is 1.77. The van der Waals surface area contributed by atoms with Gasteiger partial charge >= 0.3 is 0 Å². The maximum absolute atomic E-state index is 6.22. The molecule has 84 valence electrons. The van der Waals surface area contributed by atoms with Gasteiger partial charge in [-0.15, -0.1) is 0 Å². The molecule has 0 heterocycles. The van der Waals surface area contributed by atoms with Crippen LogP contribution >= 0.6 is 27.5 Å². The van der Waals surface area contributed by atoms with Gasteiger partial charge in [-0.3, -0.25) is 0 Å². The van der Waals surface area contributed by atoms with Crippen LogP contribution in [0.15, 0.2) is 18.2 Å². The van der Waals surface area contributed by atoms with Crippen LogP contribution in [0.1, 0.15) is 30.9 Å². The third-order valence-corrected chi connectivity index (χ3v) is 3.90. The lowest BCUT2D eigenvalue weighted by Gasteiger charge is -2.14. The summed E-state index contributed by atoms with van der Waals surface area (Å²) in [6.45, 7) is 4.30. The lowest BCUT2D eigenvalue weighted by molar-refractivity contribution is 0.534. The van der Waals surface area contributed by atoms with Crippen LogP contribution in [0.2, 0.25) is 5.02 Å². The van der Waals surface area contributed by atoms with Gasteiger partial charge in [-0.05, 0) is 42.9 Å². The topological polar surface area (TPSA) is 0 Å². The van der Waals surface area contributed by atoms with Crippen LogP contribution in [-0.4, -0.2) is 5.33 Å². The standard InChI is InChI=1S/C13H18BrCl/c1-3-4-11(9-14)8-12-6-5-10(2)7-13(12)15/h5-7,11H,3-4,8-9H2,1-2H3. The number of hydrogen-bond acceptors (Lipinski definition) is 0. The molecule has 0 aliphatic heterocycles. The van der Waals surface area contributed by atoms with Crippen molar-refractivity contribution in [2.45, 2.75) is 33.1 Å². The summed E-state index contributed by atoms with van der Waals surface area (Å²) in [6, 6.07) is 6.34. The molecule has 0 amide bonds. The van der Waals surface area contributed by atoms with Crippen molar-refractivity contribution in [2.24, 2.45) is 5.92 Å². The Hall–Kier alpha value is -0.0100. The predicted octanol–water partition coefficient (Wildman–Crippen LogP) is 5.00. The SMILES string of the molecule is CCCC(CBr)Cc1ccc(C)cc1Cl. The summed E-state index contributed by atoms with van der Waals surface area (Å²) in [6.07, 6.45) is 3.58. The van der Waals surface area contributed by atoms with Crippen molar-refractivity contribution in [3.05, 3.63) is 34.3 Å². The first-order valence-electron chi connectivity index (χ1n) is 5.48. The van der Waals surface area contributed by atoms with Gasteiger partial charge in [-0.1, -0.05) is 53.0 Å². The Morgan fingerprint density at radius 3 is 2.67 bits per heavy atom. The average Bonchev–Trinajstić information content (AvgIpc) is 2.21. The molecule has 0 fully saturated rings. The van der Waals surface area contributed by atoms with Crippen molar-refractivity contribution in [3.8, 4) is 0 Å². The van der Waals surface area contributed by atoms with E-state index in [0.717, 1.165) is 16.8 Å². The van der Waals surface area contributed by atoms with Gasteiger partial charge in [-0.25, -0.2) is 0 Å². The second-order valence-corrected chi connectivity index (χ2v) is 5.16. The summed E-state index contributed by atoms with van der Waals surface area (Å²) in [4.78, 5) is 0. The first-order valence-corrected chi connectivity index (χ1v) is 6.98. The Morgan fingerprint density at radius 1 is 1.40 bits per heavy atom. The van der Waals surface area contributed by atoms with E-state index in [9.17, 15) is 0 Å². The summed E-state index contributed by atoms with van der Waals surface area (Å²) >= 11 is 9.79. The smallest absolute Gasteiger partial charge is 0.0440 e. The number of hydrogen-bond donors (Lipinski definition) is 0. The lowest BCUT2D eigenvalue weighted by atomic mass is 9.96. The Morgan fingerprint density at radius 2 is 2.13 bits per heavy atom. The molecule has 0 saturated carbocycles. The van der Waals surface area contributed by atoms with Crippen LogP contribution in [0, 0.1) is 12.8 Å². The average molecular weight is 290 g/mol. The second-order valence-electron chi connectivity index (χ2n) is 4.11. The highest BCUT2D eigenvalue weighted by Gasteiger charge is 2.09. The van der Waals surface area contributed by atoms with E-state index < -0.39 is 0 Å². The first kappa shape index (κ1) is 13.1. The molecule has 0 saturated heterocycles. The molecule has 1 unspecified atom stereocenters. The van der Waals surface area contributed by atoms with Gasteiger partial charge in [0.1, 0.15) is 0 Å². The van der Waals surface area contributed by atoms with Crippen molar-refractivity contribution in [3.63, 3.8) is 0 Å². The molecule has 0 radical (unpaired) electrons. The van der Waals surface area contributed by atoms with Crippen LogP contribution in [0.25, 0.3) is 0 Å². The molecule has 0 aliphatic rings. The third kappa shape index (κ3) is 4.16. The van der Waals surface area contributed by atoms with Crippen LogP contribution in [-0.2, 0) is 6.42 Å². The largest absolute Gasteiger partial charge is 0.0925 e. The molecule has 0 nitrogen and oxygen atoms in total. The van der Waals surface area contributed by atoms with E-state index in [1.54, 1.807) is 0 Å².